The number of anilines is 1. The van der Waals surface area contributed by atoms with Crippen LogP contribution in [-0.4, -0.2) is 53.4 Å². The van der Waals surface area contributed by atoms with Crippen LogP contribution in [0, 0.1) is 0 Å². The summed E-state index contributed by atoms with van der Waals surface area (Å²) in [6.45, 7) is 1.57. The van der Waals surface area contributed by atoms with Gasteiger partial charge in [-0.1, -0.05) is 11.8 Å². The molecule has 1 saturated carbocycles. The molecule has 2 aromatic rings. The zero-order chi connectivity index (χ0) is 20.2. The lowest BCUT2D eigenvalue weighted by molar-refractivity contribution is -0.113. The predicted octanol–water partition coefficient (Wildman–Crippen LogP) is 3.08. The molecular weight excluding hydrogens is 392 g/mol. The van der Waals surface area contributed by atoms with E-state index in [1.807, 2.05) is 0 Å². The molecular formula is C20H26N4O4S. The fourth-order valence-electron chi connectivity index (χ4n) is 3.44. The number of nitrogens with one attached hydrogen (secondary N) is 1. The van der Waals surface area contributed by atoms with Crippen LogP contribution < -0.4 is 14.8 Å². The number of amides is 1. The molecule has 1 aromatic heterocycles. The lowest BCUT2D eigenvalue weighted by Gasteiger charge is -2.14. The van der Waals surface area contributed by atoms with Crippen molar-refractivity contribution in [1.82, 2.24) is 14.8 Å². The molecule has 0 bridgehead atoms. The summed E-state index contributed by atoms with van der Waals surface area (Å²) in [7, 11) is 3.15. The van der Waals surface area contributed by atoms with E-state index in [1.165, 1.54) is 11.8 Å². The maximum atomic E-state index is 12.6. The van der Waals surface area contributed by atoms with Crippen molar-refractivity contribution in [2.24, 2.45) is 0 Å². The second-order valence-electron chi connectivity index (χ2n) is 7.26. The number of hydrogen-bond donors (Lipinski definition) is 1. The van der Waals surface area contributed by atoms with Crippen molar-refractivity contribution >= 4 is 23.4 Å². The molecule has 1 unspecified atom stereocenters. The SMILES string of the molecule is COc1ccc(OC)c(NC(=O)CSc2nnc(C3CC3)n2CC2CCCO2)c1. The van der Waals surface area contributed by atoms with Crippen molar-refractivity contribution in [2.75, 3.05) is 31.9 Å². The van der Waals surface area contributed by atoms with E-state index in [-0.39, 0.29) is 17.8 Å². The Morgan fingerprint density at radius 3 is 2.83 bits per heavy atom. The van der Waals surface area contributed by atoms with Crippen LogP contribution in [0.4, 0.5) is 5.69 Å². The third kappa shape index (κ3) is 4.84. The Balaban J connectivity index is 1.41. The van der Waals surface area contributed by atoms with Gasteiger partial charge in [-0.15, -0.1) is 10.2 Å². The molecule has 0 radical (unpaired) electrons. The van der Waals surface area contributed by atoms with E-state index in [0.717, 1.165) is 49.8 Å². The topological polar surface area (TPSA) is 87.5 Å². The summed E-state index contributed by atoms with van der Waals surface area (Å²) in [5.41, 5.74) is 0.581. The standard InChI is InChI=1S/C20H26N4O4S/c1-26-14-7-8-17(27-2)16(10-14)21-18(25)12-29-20-23-22-19(13-5-6-13)24(20)11-15-4-3-9-28-15/h7-8,10,13,15H,3-6,9,11-12H2,1-2H3,(H,21,25). The van der Waals surface area contributed by atoms with Crippen LogP contribution in [0.15, 0.2) is 23.4 Å². The zero-order valence-corrected chi connectivity index (χ0v) is 17.5. The van der Waals surface area contributed by atoms with Crippen LogP contribution in [-0.2, 0) is 16.1 Å². The van der Waals surface area contributed by atoms with E-state index in [9.17, 15) is 4.79 Å². The van der Waals surface area contributed by atoms with E-state index >= 15 is 0 Å². The van der Waals surface area contributed by atoms with Gasteiger partial charge in [0.1, 0.15) is 17.3 Å². The normalized spacial score (nSPS) is 18.6. The number of ether oxygens (including phenoxy) is 3. The number of rotatable bonds is 9. The monoisotopic (exact) mass is 418 g/mol. The molecule has 8 nitrogen and oxygen atoms in total. The highest BCUT2D eigenvalue weighted by Gasteiger charge is 2.32. The van der Waals surface area contributed by atoms with Gasteiger partial charge in [-0.2, -0.15) is 0 Å². The Kier molecular flexibility index (Phi) is 6.25. The lowest BCUT2D eigenvalue weighted by atomic mass is 10.2. The van der Waals surface area contributed by atoms with Gasteiger partial charge >= 0.3 is 0 Å². The minimum Gasteiger partial charge on any atom is -0.497 e. The van der Waals surface area contributed by atoms with Gasteiger partial charge in [-0.05, 0) is 37.8 Å². The van der Waals surface area contributed by atoms with Crippen LogP contribution >= 0.6 is 11.8 Å². The fraction of sp³-hybridized carbons (Fsp3) is 0.550. The molecule has 9 heteroatoms. The predicted molar refractivity (Wildman–Crippen MR) is 110 cm³/mol. The third-order valence-electron chi connectivity index (χ3n) is 5.11. The highest BCUT2D eigenvalue weighted by atomic mass is 32.2. The summed E-state index contributed by atoms with van der Waals surface area (Å²) in [5, 5.41) is 12.4. The van der Waals surface area contributed by atoms with Crippen LogP contribution in [0.25, 0.3) is 0 Å². The van der Waals surface area contributed by atoms with Gasteiger partial charge in [0.25, 0.3) is 0 Å². The number of carbonyl (C=O) groups excluding carboxylic acids is 1. The van der Waals surface area contributed by atoms with E-state index in [4.69, 9.17) is 14.2 Å². The Morgan fingerprint density at radius 2 is 2.14 bits per heavy atom. The van der Waals surface area contributed by atoms with Crippen LogP contribution in [0.1, 0.15) is 37.4 Å². The Hall–Kier alpha value is -2.26. The van der Waals surface area contributed by atoms with E-state index in [1.54, 1.807) is 32.4 Å². The molecule has 2 heterocycles. The third-order valence-corrected chi connectivity index (χ3v) is 6.08. The van der Waals surface area contributed by atoms with Gasteiger partial charge in [-0.3, -0.25) is 4.79 Å². The average Bonchev–Trinajstić information content (AvgIpc) is 3.30. The van der Waals surface area contributed by atoms with Crippen molar-refractivity contribution in [3.05, 3.63) is 24.0 Å². The number of thioether (sulfide) groups is 1. The van der Waals surface area contributed by atoms with E-state index < -0.39 is 0 Å². The summed E-state index contributed by atoms with van der Waals surface area (Å²) in [4.78, 5) is 12.6. The molecule has 1 saturated heterocycles. The quantitative estimate of drug-likeness (QED) is 0.626. The average molecular weight is 419 g/mol. The molecule has 1 atom stereocenters. The highest BCUT2D eigenvalue weighted by molar-refractivity contribution is 7.99. The highest BCUT2D eigenvalue weighted by Crippen LogP contribution is 2.40. The first-order valence-corrected chi connectivity index (χ1v) is 10.9. The van der Waals surface area contributed by atoms with Crippen molar-refractivity contribution in [1.29, 1.82) is 0 Å². The summed E-state index contributed by atoms with van der Waals surface area (Å²) in [6.07, 6.45) is 4.67. The first kappa shape index (κ1) is 20.0. The van der Waals surface area contributed by atoms with E-state index in [2.05, 4.69) is 20.1 Å². The van der Waals surface area contributed by atoms with Crippen molar-refractivity contribution in [3.8, 4) is 11.5 Å². The fourth-order valence-corrected chi connectivity index (χ4v) is 4.20. The zero-order valence-electron chi connectivity index (χ0n) is 16.7. The molecule has 2 aliphatic rings. The molecule has 29 heavy (non-hydrogen) atoms. The summed E-state index contributed by atoms with van der Waals surface area (Å²) in [6, 6.07) is 5.30. The number of hydrogen-bond acceptors (Lipinski definition) is 7. The maximum Gasteiger partial charge on any atom is 0.234 e. The van der Waals surface area contributed by atoms with Crippen LogP contribution in [0.3, 0.4) is 0 Å². The summed E-state index contributed by atoms with van der Waals surface area (Å²) >= 11 is 1.40. The number of carbonyl (C=O) groups is 1. The molecule has 0 spiro atoms. The van der Waals surface area contributed by atoms with E-state index in [0.29, 0.717) is 23.1 Å². The van der Waals surface area contributed by atoms with Crippen molar-refractivity contribution in [2.45, 2.75) is 49.4 Å². The molecule has 156 valence electrons. The summed E-state index contributed by atoms with van der Waals surface area (Å²) in [5.74, 6) is 2.85. The van der Waals surface area contributed by atoms with Gasteiger partial charge in [0.05, 0.1) is 38.3 Å². The lowest BCUT2D eigenvalue weighted by Crippen LogP contribution is -2.19. The maximum absolute atomic E-state index is 12.6. The number of nitrogens with zero attached hydrogens (tertiary/aromatic N) is 3. The molecule has 1 aromatic carbocycles. The largest absolute Gasteiger partial charge is 0.497 e. The summed E-state index contributed by atoms with van der Waals surface area (Å²) < 4.78 is 18.5. The van der Waals surface area contributed by atoms with Crippen molar-refractivity contribution in [3.63, 3.8) is 0 Å². The first-order chi connectivity index (χ1) is 14.2. The number of methoxy groups -OCH3 is 2. The van der Waals surface area contributed by atoms with Gasteiger partial charge in [0.15, 0.2) is 5.16 Å². The Morgan fingerprint density at radius 1 is 1.28 bits per heavy atom. The van der Waals surface area contributed by atoms with Gasteiger partial charge in [0.2, 0.25) is 5.91 Å². The number of aromatic nitrogens is 3. The van der Waals surface area contributed by atoms with Gasteiger partial charge in [0, 0.05) is 18.6 Å². The van der Waals surface area contributed by atoms with Gasteiger partial charge in [-0.25, -0.2) is 0 Å². The Labute approximate surface area is 174 Å². The first-order valence-electron chi connectivity index (χ1n) is 9.87. The molecule has 4 rings (SSSR count). The van der Waals surface area contributed by atoms with Crippen LogP contribution in [0.5, 0.6) is 11.5 Å². The molecule has 1 N–H and O–H groups in total. The second-order valence-corrected chi connectivity index (χ2v) is 8.21. The molecule has 1 amide bonds. The molecule has 1 aliphatic carbocycles. The smallest absolute Gasteiger partial charge is 0.234 e. The number of benzene rings is 1. The van der Waals surface area contributed by atoms with Crippen molar-refractivity contribution < 1.29 is 19.0 Å². The minimum absolute atomic E-state index is 0.138. The molecule has 2 fully saturated rings. The second kappa shape index (κ2) is 9.04. The van der Waals surface area contributed by atoms with Gasteiger partial charge < -0.3 is 24.1 Å². The molecule has 1 aliphatic heterocycles. The Bertz CT molecular complexity index is 862. The minimum atomic E-state index is -0.138. The van der Waals surface area contributed by atoms with Crippen LogP contribution in [0.2, 0.25) is 0 Å².